The number of hydrogen-bond donors (Lipinski definition) is 2. The smallest absolute Gasteiger partial charge is 0.257 e. The van der Waals surface area contributed by atoms with Crippen LogP contribution in [0, 0.1) is 0 Å². The van der Waals surface area contributed by atoms with E-state index in [1.807, 2.05) is 6.07 Å². The van der Waals surface area contributed by atoms with E-state index in [-0.39, 0.29) is 18.4 Å². The second-order valence-corrected chi connectivity index (χ2v) is 7.36. The molecule has 7 heteroatoms. The van der Waals surface area contributed by atoms with Crippen molar-refractivity contribution in [3.8, 4) is 0 Å². The highest BCUT2D eigenvalue weighted by Gasteiger charge is 2.29. The summed E-state index contributed by atoms with van der Waals surface area (Å²) in [4.78, 5) is 29.8. The van der Waals surface area contributed by atoms with Crippen molar-refractivity contribution in [3.63, 3.8) is 0 Å². The third-order valence-electron chi connectivity index (χ3n) is 5.09. The molecule has 0 aromatic heterocycles. The minimum Gasteiger partial charge on any atom is -0.320 e. The van der Waals surface area contributed by atoms with Crippen LogP contribution in [0.2, 0.25) is 5.02 Å². The lowest BCUT2D eigenvalue weighted by atomic mass is 10.1. The van der Waals surface area contributed by atoms with Crippen molar-refractivity contribution in [1.29, 1.82) is 0 Å². The molecule has 0 bridgehead atoms. The lowest BCUT2D eigenvalue weighted by molar-refractivity contribution is -0.117. The molecule has 2 N–H and O–H groups in total. The van der Waals surface area contributed by atoms with Crippen LogP contribution < -0.4 is 15.5 Å². The molecule has 0 atom stereocenters. The molecule has 1 aliphatic heterocycles. The second kappa shape index (κ2) is 9.87. The Kier molecular flexibility index (Phi) is 7.25. The molecular formula is C22H27ClN4O2. The third kappa shape index (κ3) is 4.96. The van der Waals surface area contributed by atoms with Crippen LogP contribution in [-0.4, -0.2) is 49.4 Å². The lowest BCUT2D eigenvalue weighted by Gasteiger charge is -2.24. The number of rotatable bonds is 8. The van der Waals surface area contributed by atoms with Crippen molar-refractivity contribution in [3.05, 3.63) is 53.1 Å². The number of amides is 2. The van der Waals surface area contributed by atoms with Gasteiger partial charge < -0.3 is 15.5 Å². The maximum atomic E-state index is 13.2. The van der Waals surface area contributed by atoms with Crippen LogP contribution in [0.25, 0.3) is 0 Å². The van der Waals surface area contributed by atoms with Gasteiger partial charge in [-0.2, -0.15) is 0 Å². The predicted octanol–water partition coefficient (Wildman–Crippen LogP) is 3.89. The molecular weight excluding hydrogens is 388 g/mol. The molecule has 154 valence electrons. The Morgan fingerprint density at radius 3 is 2.66 bits per heavy atom. The molecule has 6 nitrogen and oxygen atoms in total. The number of nitrogens with zero attached hydrogens (tertiary/aromatic N) is 2. The number of hydrogen-bond acceptors (Lipinski definition) is 4. The Bertz CT molecular complexity index is 883. The molecule has 0 saturated carbocycles. The van der Waals surface area contributed by atoms with Crippen LogP contribution >= 0.6 is 11.6 Å². The zero-order valence-corrected chi connectivity index (χ0v) is 17.6. The van der Waals surface area contributed by atoms with Gasteiger partial charge in [-0.15, -0.1) is 0 Å². The van der Waals surface area contributed by atoms with Crippen molar-refractivity contribution in [2.45, 2.75) is 20.3 Å². The van der Waals surface area contributed by atoms with E-state index in [4.69, 9.17) is 11.6 Å². The SMILES string of the molecule is CCN(CC)CCCNCC(=O)N1c2ccc(Cl)cc2NC(=O)c2ccccc21. The van der Waals surface area contributed by atoms with Crippen molar-refractivity contribution < 1.29 is 9.59 Å². The number of nitrogens with one attached hydrogen (secondary N) is 2. The fourth-order valence-corrected chi connectivity index (χ4v) is 3.67. The van der Waals surface area contributed by atoms with E-state index >= 15 is 0 Å². The number of carbonyl (C=O) groups is 2. The Morgan fingerprint density at radius 2 is 1.90 bits per heavy atom. The molecule has 0 fully saturated rings. The van der Waals surface area contributed by atoms with E-state index in [0.29, 0.717) is 27.6 Å². The van der Waals surface area contributed by atoms with Gasteiger partial charge >= 0.3 is 0 Å². The number of fused-ring (bicyclic) bond motifs is 2. The summed E-state index contributed by atoms with van der Waals surface area (Å²) in [5.41, 5.74) is 2.16. The van der Waals surface area contributed by atoms with Crippen LogP contribution in [0.5, 0.6) is 0 Å². The van der Waals surface area contributed by atoms with Gasteiger partial charge in [0.2, 0.25) is 5.91 Å². The lowest BCUT2D eigenvalue weighted by Crippen LogP contribution is -2.36. The first kappa shape index (κ1) is 21.3. The second-order valence-electron chi connectivity index (χ2n) is 6.92. The van der Waals surface area contributed by atoms with Crippen LogP contribution in [-0.2, 0) is 4.79 Å². The van der Waals surface area contributed by atoms with E-state index in [1.54, 1.807) is 41.3 Å². The highest BCUT2D eigenvalue weighted by Crippen LogP contribution is 2.39. The summed E-state index contributed by atoms with van der Waals surface area (Å²) >= 11 is 6.11. The van der Waals surface area contributed by atoms with Gasteiger partial charge in [-0.3, -0.25) is 14.5 Å². The molecule has 0 radical (unpaired) electrons. The molecule has 0 spiro atoms. The summed E-state index contributed by atoms with van der Waals surface area (Å²) in [6.07, 6.45) is 0.970. The molecule has 1 aliphatic rings. The van der Waals surface area contributed by atoms with E-state index in [9.17, 15) is 9.59 Å². The van der Waals surface area contributed by atoms with Gasteiger partial charge in [0.05, 0.1) is 29.2 Å². The van der Waals surface area contributed by atoms with Gasteiger partial charge in [-0.05, 0) is 62.9 Å². The molecule has 0 saturated heterocycles. The van der Waals surface area contributed by atoms with Gasteiger partial charge in [0.15, 0.2) is 0 Å². The normalized spacial score (nSPS) is 13.0. The monoisotopic (exact) mass is 414 g/mol. The molecule has 2 aromatic rings. The van der Waals surface area contributed by atoms with Gasteiger partial charge in [0, 0.05) is 5.02 Å². The fraction of sp³-hybridized carbons (Fsp3) is 0.364. The number of benzene rings is 2. The summed E-state index contributed by atoms with van der Waals surface area (Å²) < 4.78 is 0. The standard InChI is InChI=1S/C22H27ClN4O2/c1-3-26(4-2)13-7-12-24-15-21(28)27-19-9-6-5-8-17(19)22(29)25-18-14-16(23)10-11-20(18)27/h5-6,8-11,14,24H,3-4,7,12-13,15H2,1-2H3,(H,25,29). The van der Waals surface area contributed by atoms with Gasteiger partial charge in [-0.1, -0.05) is 37.6 Å². The maximum absolute atomic E-state index is 13.2. The van der Waals surface area contributed by atoms with Gasteiger partial charge in [0.25, 0.3) is 5.91 Å². The minimum atomic E-state index is -0.258. The van der Waals surface area contributed by atoms with Crippen LogP contribution in [0.4, 0.5) is 17.1 Å². The molecule has 3 rings (SSSR count). The number of carbonyl (C=O) groups excluding carboxylic acids is 2. The Morgan fingerprint density at radius 1 is 1.14 bits per heavy atom. The van der Waals surface area contributed by atoms with Crippen LogP contribution in [0.3, 0.4) is 0 Å². The number of halogens is 1. The van der Waals surface area contributed by atoms with E-state index in [2.05, 4.69) is 29.4 Å². The van der Waals surface area contributed by atoms with E-state index in [0.717, 1.165) is 32.6 Å². The highest BCUT2D eigenvalue weighted by atomic mass is 35.5. The molecule has 2 amide bonds. The Balaban J connectivity index is 1.78. The fourth-order valence-electron chi connectivity index (χ4n) is 3.49. The summed E-state index contributed by atoms with van der Waals surface area (Å²) in [6, 6.07) is 12.3. The van der Waals surface area contributed by atoms with Crippen LogP contribution in [0.15, 0.2) is 42.5 Å². The first-order chi connectivity index (χ1) is 14.0. The van der Waals surface area contributed by atoms with Crippen molar-refractivity contribution in [1.82, 2.24) is 10.2 Å². The van der Waals surface area contributed by atoms with Crippen LogP contribution in [0.1, 0.15) is 30.6 Å². The molecule has 1 heterocycles. The Labute approximate surface area is 176 Å². The van der Waals surface area contributed by atoms with Crippen molar-refractivity contribution >= 4 is 40.5 Å². The van der Waals surface area contributed by atoms with Gasteiger partial charge in [0.1, 0.15) is 0 Å². The topological polar surface area (TPSA) is 64.7 Å². The molecule has 0 unspecified atom stereocenters. The van der Waals surface area contributed by atoms with E-state index < -0.39 is 0 Å². The summed E-state index contributed by atoms with van der Waals surface area (Å²) in [7, 11) is 0. The zero-order valence-electron chi connectivity index (χ0n) is 16.9. The first-order valence-electron chi connectivity index (χ1n) is 10.0. The molecule has 2 aromatic carbocycles. The number of anilines is 3. The quantitative estimate of drug-likeness (QED) is 0.643. The third-order valence-corrected chi connectivity index (χ3v) is 5.32. The number of para-hydroxylation sites is 1. The Hall–Kier alpha value is -2.41. The summed E-state index contributed by atoms with van der Waals surface area (Å²) in [6.45, 7) is 8.29. The minimum absolute atomic E-state index is 0.125. The molecule has 29 heavy (non-hydrogen) atoms. The van der Waals surface area contributed by atoms with Crippen molar-refractivity contribution in [2.24, 2.45) is 0 Å². The van der Waals surface area contributed by atoms with Gasteiger partial charge in [-0.25, -0.2) is 0 Å². The molecule has 0 aliphatic carbocycles. The summed E-state index contributed by atoms with van der Waals surface area (Å²) in [5.74, 6) is -0.382. The predicted molar refractivity (Wildman–Crippen MR) is 118 cm³/mol. The maximum Gasteiger partial charge on any atom is 0.257 e. The van der Waals surface area contributed by atoms with Crippen molar-refractivity contribution in [2.75, 3.05) is 42.9 Å². The highest BCUT2D eigenvalue weighted by molar-refractivity contribution is 6.31. The zero-order chi connectivity index (χ0) is 20.8. The average molecular weight is 415 g/mol. The largest absolute Gasteiger partial charge is 0.320 e. The summed E-state index contributed by atoms with van der Waals surface area (Å²) in [5, 5.41) is 6.60. The average Bonchev–Trinajstić information content (AvgIpc) is 2.84. The van der Waals surface area contributed by atoms with E-state index in [1.165, 1.54) is 0 Å². The first-order valence-corrected chi connectivity index (χ1v) is 10.4.